The van der Waals surface area contributed by atoms with E-state index in [0.29, 0.717) is 22.9 Å². The van der Waals surface area contributed by atoms with Gasteiger partial charge in [0.2, 0.25) is 5.69 Å². The predicted octanol–water partition coefficient (Wildman–Crippen LogP) is 3.99. The van der Waals surface area contributed by atoms with Crippen molar-refractivity contribution < 1.29 is 22.3 Å². The summed E-state index contributed by atoms with van der Waals surface area (Å²) < 4.78 is 55.8. The number of benzene rings is 1. The van der Waals surface area contributed by atoms with Crippen LogP contribution in [-0.4, -0.2) is 46.4 Å². The van der Waals surface area contributed by atoms with Crippen LogP contribution in [0.25, 0.3) is 21.7 Å². The molecule has 180 valence electrons. The molecule has 3 aromatic rings. The molecule has 0 amide bonds. The van der Waals surface area contributed by atoms with Gasteiger partial charge in [-0.2, -0.15) is 17.7 Å². The number of anilines is 1. The molecule has 0 aliphatic carbocycles. The SMILES string of the molecule is [C-]#[N+]c1ccc2c([nH]c[n+]2-c2nc(N[C@H]3CCC(C)(C)NC3)ncc2C(F)(F)F)c1P(C)(C)=O. The van der Waals surface area contributed by atoms with E-state index in [4.69, 9.17) is 6.57 Å². The first-order valence-corrected chi connectivity index (χ1v) is 13.4. The van der Waals surface area contributed by atoms with E-state index in [-0.39, 0.29) is 29.0 Å². The van der Waals surface area contributed by atoms with Crippen LogP contribution in [0.3, 0.4) is 0 Å². The highest BCUT2D eigenvalue weighted by molar-refractivity contribution is 7.71. The minimum absolute atomic E-state index is 0.00408. The quantitative estimate of drug-likeness (QED) is 0.291. The largest absolute Gasteiger partial charge is 0.424 e. The summed E-state index contributed by atoms with van der Waals surface area (Å²) in [5.41, 5.74) is -0.115. The number of aromatic amines is 1. The van der Waals surface area contributed by atoms with Crippen molar-refractivity contribution in [2.75, 3.05) is 25.2 Å². The molecule has 1 atom stereocenters. The van der Waals surface area contributed by atoms with E-state index in [1.165, 1.54) is 36.4 Å². The summed E-state index contributed by atoms with van der Waals surface area (Å²) in [6.07, 6.45) is -0.856. The zero-order valence-corrected chi connectivity index (χ0v) is 20.2. The lowest BCUT2D eigenvalue weighted by atomic mass is 9.91. The van der Waals surface area contributed by atoms with Crippen molar-refractivity contribution in [3.63, 3.8) is 0 Å². The van der Waals surface area contributed by atoms with Crippen molar-refractivity contribution in [3.05, 3.63) is 41.6 Å². The molecule has 1 aliphatic heterocycles. The lowest BCUT2D eigenvalue weighted by Crippen LogP contribution is -2.50. The summed E-state index contributed by atoms with van der Waals surface area (Å²) in [6.45, 7) is 15.3. The summed E-state index contributed by atoms with van der Waals surface area (Å²) in [5.74, 6) is -0.269. The summed E-state index contributed by atoms with van der Waals surface area (Å²) in [4.78, 5) is 14.5. The van der Waals surface area contributed by atoms with Crippen LogP contribution in [0.15, 0.2) is 24.7 Å². The Morgan fingerprint density at radius 1 is 1.32 bits per heavy atom. The fourth-order valence-electron chi connectivity index (χ4n) is 4.18. The second kappa shape index (κ2) is 8.36. The second-order valence-electron chi connectivity index (χ2n) is 9.51. The molecule has 0 radical (unpaired) electrons. The molecule has 1 saturated heterocycles. The van der Waals surface area contributed by atoms with Crippen LogP contribution in [-0.2, 0) is 10.7 Å². The lowest BCUT2D eigenvalue weighted by molar-refractivity contribution is -0.572. The average Bonchev–Trinajstić information content (AvgIpc) is 3.16. The number of aromatic nitrogens is 4. The number of imidazole rings is 1. The van der Waals surface area contributed by atoms with Crippen LogP contribution in [0, 0.1) is 6.57 Å². The molecular weight excluding hydrogens is 466 g/mol. The Morgan fingerprint density at radius 2 is 2.06 bits per heavy atom. The average molecular weight is 492 g/mol. The Morgan fingerprint density at radius 3 is 2.65 bits per heavy atom. The van der Waals surface area contributed by atoms with Gasteiger partial charge in [0, 0.05) is 18.1 Å². The van der Waals surface area contributed by atoms with Gasteiger partial charge in [0.25, 0.3) is 5.82 Å². The molecule has 2 aromatic heterocycles. The van der Waals surface area contributed by atoms with Gasteiger partial charge < -0.3 is 15.2 Å². The number of rotatable bonds is 4. The van der Waals surface area contributed by atoms with Crippen molar-refractivity contribution in [2.24, 2.45) is 0 Å². The van der Waals surface area contributed by atoms with Gasteiger partial charge in [0.15, 0.2) is 11.9 Å². The highest BCUT2D eigenvalue weighted by atomic mass is 31.2. The number of halogens is 3. The highest BCUT2D eigenvalue weighted by Crippen LogP contribution is 2.41. The standard InChI is InChI=1S/C22H25F3N7OP/c1-21(2)9-8-13(10-29-21)30-20-27-11-14(22(23,24)25)19(31-20)32-12-28-17-16(32)7-6-15(26-3)18(17)34(4,5)33/h6-7,11-13,29H,8-10H2,1-2,4-5H3,(H,27,30,31)/p+1/t13-/m0/s1. The fraction of sp³-hybridized carbons (Fsp3) is 0.455. The van der Waals surface area contributed by atoms with E-state index < -0.39 is 18.9 Å². The molecule has 1 aromatic carbocycles. The number of hydrogen-bond donors (Lipinski definition) is 3. The van der Waals surface area contributed by atoms with Crippen molar-refractivity contribution >= 4 is 35.1 Å². The van der Waals surface area contributed by atoms with Gasteiger partial charge in [-0.3, -0.25) is 4.98 Å². The number of H-pyrrole nitrogens is 1. The van der Waals surface area contributed by atoms with Crippen LogP contribution in [0.4, 0.5) is 24.8 Å². The summed E-state index contributed by atoms with van der Waals surface area (Å²) in [7, 11) is -2.92. The molecule has 0 bridgehead atoms. The molecular formula is C22H26F3N7OP+. The van der Waals surface area contributed by atoms with E-state index in [9.17, 15) is 17.7 Å². The molecule has 1 aliphatic rings. The first kappa shape index (κ1) is 24.2. The molecule has 0 saturated carbocycles. The van der Waals surface area contributed by atoms with Crippen molar-refractivity contribution in [3.8, 4) is 5.82 Å². The highest BCUT2D eigenvalue weighted by Gasteiger charge is 2.40. The summed E-state index contributed by atoms with van der Waals surface area (Å²) in [6, 6.07) is 2.97. The zero-order chi connectivity index (χ0) is 24.9. The van der Waals surface area contributed by atoms with Gasteiger partial charge in [-0.25, -0.2) is 9.83 Å². The van der Waals surface area contributed by atoms with E-state index in [1.807, 2.05) is 0 Å². The topological polar surface area (TPSA) is 90.9 Å². The third-order valence-electron chi connectivity index (χ3n) is 5.97. The molecule has 1 fully saturated rings. The normalized spacial score (nSPS) is 18.6. The molecule has 0 unspecified atom stereocenters. The van der Waals surface area contributed by atoms with Crippen LogP contribution in [0.2, 0.25) is 0 Å². The number of nitrogens with one attached hydrogen (secondary N) is 3. The maximum Gasteiger partial charge on any atom is 0.424 e. The smallest absolute Gasteiger partial charge is 0.336 e. The van der Waals surface area contributed by atoms with Crippen LogP contribution in [0.5, 0.6) is 0 Å². The number of nitrogens with zero attached hydrogens (tertiary/aromatic N) is 4. The Labute approximate surface area is 195 Å². The molecule has 0 spiro atoms. The van der Waals surface area contributed by atoms with E-state index >= 15 is 0 Å². The Balaban J connectivity index is 1.82. The molecule has 3 N–H and O–H groups in total. The van der Waals surface area contributed by atoms with Crippen molar-refractivity contribution in [1.82, 2.24) is 20.3 Å². The zero-order valence-electron chi connectivity index (χ0n) is 19.3. The Kier molecular flexibility index (Phi) is 5.95. The van der Waals surface area contributed by atoms with Crippen molar-refractivity contribution in [1.29, 1.82) is 0 Å². The minimum atomic E-state index is -4.69. The van der Waals surface area contributed by atoms with E-state index in [1.54, 1.807) is 0 Å². The molecule has 3 heterocycles. The third-order valence-corrected chi connectivity index (χ3v) is 7.50. The summed E-state index contributed by atoms with van der Waals surface area (Å²) in [5, 5.41) is 6.85. The maximum absolute atomic E-state index is 13.9. The van der Waals surface area contributed by atoms with Gasteiger partial charge in [0.1, 0.15) is 18.2 Å². The van der Waals surface area contributed by atoms with Crippen LogP contribution >= 0.6 is 7.14 Å². The van der Waals surface area contributed by atoms with Gasteiger partial charge in [-0.05, 0) is 46.1 Å². The number of piperidine rings is 1. The van der Waals surface area contributed by atoms with Crippen LogP contribution in [0.1, 0.15) is 32.3 Å². The molecule has 8 nitrogen and oxygen atoms in total. The van der Waals surface area contributed by atoms with Gasteiger partial charge >= 0.3 is 12.1 Å². The second-order valence-corrected chi connectivity index (χ2v) is 12.7. The van der Waals surface area contributed by atoms with Gasteiger partial charge in [-0.1, -0.05) is 11.1 Å². The summed E-state index contributed by atoms with van der Waals surface area (Å²) >= 11 is 0. The monoisotopic (exact) mass is 492 g/mol. The van der Waals surface area contributed by atoms with Crippen molar-refractivity contribution in [2.45, 2.75) is 44.4 Å². The van der Waals surface area contributed by atoms with Crippen LogP contribution < -0.4 is 20.5 Å². The maximum atomic E-state index is 13.9. The first-order chi connectivity index (χ1) is 15.8. The first-order valence-electron chi connectivity index (χ1n) is 10.7. The number of alkyl halides is 3. The minimum Gasteiger partial charge on any atom is -0.336 e. The van der Waals surface area contributed by atoms with Gasteiger partial charge in [0.05, 0.1) is 18.1 Å². The third kappa shape index (κ3) is 4.65. The lowest BCUT2D eigenvalue weighted by Gasteiger charge is -2.35. The predicted molar refractivity (Wildman–Crippen MR) is 124 cm³/mol. The van der Waals surface area contributed by atoms with E-state index in [2.05, 4.69) is 44.3 Å². The number of fused-ring (bicyclic) bond motifs is 1. The van der Waals surface area contributed by atoms with Gasteiger partial charge in [-0.15, -0.1) is 0 Å². The molecule has 34 heavy (non-hydrogen) atoms. The Hall–Kier alpha value is -2.96. The number of hydrogen-bond acceptors (Lipinski definition) is 5. The van der Waals surface area contributed by atoms with E-state index in [0.717, 1.165) is 19.0 Å². The molecule has 12 heteroatoms. The molecule has 4 rings (SSSR count). The Bertz CT molecular complexity index is 1330. The fourth-order valence-corrected chi connectivity index (χ4v) is 5.57.